The van der Waals surface area contributed by atoms with E-state index >= 15 is 0 Å². The maximum atomic E-state index is 10.7. The SMILES string of the molecule is CC(C)C(C)N(C)Cc1cc([N+](=O)[O-])ccc1Cl. The number of nitro groups is 1. The summed E-state index contributed by atoms with van der Waals surface area (Å²) >= 11 is 6.08. The Balaban J connectivity index is 2.89. The Morgan fingerprint density at radius 1 is 1.39 bits per heavy atom. The summed E-state index contributed by atoms with van der Waals surface area (Å²) in [6.45, 7) is 7.04. The fraction of sp³-hybridized carbons (Fsp3) is 0.538. The monoisotopic (exact) mass is 270 g/mol. The molecule has 0 amide bonds. The molecular formula is C13H19ClN2O2. The van der Waals surface area contributed by atoms with Crippen molar-refractivity contribution in [2.45, 2.75) is 33.4 Å². The van der Waals surface area contributed by atoms with E-state index in [1.807, 2.05) is 7.05 Å². The molecule has 1 unspecified atom stereocenters. The largest absolute Gasteiger partial charge is 0.299 e. The molecule has 0 saturated carbocycles. The minimum atomic E-state index is -0.397. The van der Waals surface area contributed by atoms with Gasteiger partial charge in [0.1, 0.15) is 0 Å². The maximum absolute atomic E-state index is 10.7. The summed E-state index contributed by atoms with van der Waals surface area (Å²) in [5.74, 6) is 0.521. The van der Waals surface area contributed by atoms with Crippen LogP contribution in [0, 0.1) is 16.0 Å². The first-order valence-corrected chi connectivity index (χ1v) is 6.33. The van der Waals surface area contributed by atoms with Gasteiger partial charge in [-0.3, -0.25) is 15.0 Å². The molecule has 4 nitrogen and oxygen atoms in total. The third kappa shape index (κ3) is 3.68. The summed E-state index contributed by atoms with van der Waals surface area (Å²) in [5, 5.41) is 11.3. The van der Waals surface area contributed by atoms with Crippen LogP contribution < -0.4 is 0 Å². The van der Waals surface area contributed by atoms with Crippen molar-refractivity contribution >= 4 is 17.3 Å². The summed E-state index contributed by atoms with van der Waals surface area (Å²) in [4.78, 5) is 12.5. The quantitative estimate of drug-likeness (QED) is 0.605. The summed E-state index contributed by atoms with van der Waals surface area (Å²) in [5.41, 5.74) is 0.876. The first-order chi connectivity index (χ1) is 8.32. The summed E-state index contributed by atoms with van der Waals surface area (Å²) in [6.07, 6.45) is 0. The molecule has 0 aliphatic rings. The zero-order valence-corrected chi connectivity index (χ0v) is 11.9. The zero-order valence-electron chi connectivity index (χ0n) is 11.2. The molecule has 0 heterocycles. The molecule has 0 aliphatic carbocycles. The Morgan fingerprint density at radius 3 is 2.50 bits per heavy atom. The lowest BCUT2D eigenvalue weighted by Crippen LogP contribution is -2.32. The van der Waals surface area contributed by atoms with Gasteiger partial charge in [0.15, 0.2) is 0 Å². The zero-order chi connectivity index (χ0) is 13.9. The molecule has 0 bridgehead atoms. The molecule has 5 heteroatoms. The first kappa shape index (κ1) is 14.9. The molecule has 0 N–H and O–H groups in total. The lowest BCUT2D eigenvalue weighted by molar-refractivity contribution is -0.384. The minimum Gasteiger partial charge on any atom is -0.299 e. The molecule has 100 valence electrons. The number of benzene rings is 1. The summed E-state index contributed by atoms with van der Waals surface area (Å²) < 4.78 is 0. The highest BCUT2D eigenvalue weighted by Gasteiger charge is 2.16. The predicted molar refractivity (Wildman–Crippen MR) is 73.9 cm³/mol. The Labute approximate surface area is 113 Å². The number of nitrogens with zero attached hydrogens (tertiary/aromatic N) is 2. The van der Waals surface area contributed by atoms with Crippen molar-refractivity contribution in [2.24, 2.45) is 5.92 Å². The molecule has 0 saturated heterocycles. The third-order valence-corrected chi connectivity index (χ3v) is 3.69. The second-order valence-electron chi connectivity index (χ2n) is 4.93. The van der Waals surface area contributed by atoms with Crippen LogP contribution in [0.25, 0.3) is 0 Å². The number of rotatable bonds is 5. The first-order valence-electron chi connectivity index (χ1n) is 5.96. The van der Waals surface area contributed by atoms with E-state index in [0.717, 1.165) is 5.56 Å². The average Bonchev–Trinajstić information content (AvgIpc) is 2.30. The van der Waals surface area contributed by atoms with Crippen molar-refractivity contribution < 1.29 is 4.92 Å². The van der Waals surface area contributed by atoms with Gasteiger partial charge in [-0.05, 0) is 31.5 Å². The van der Waals surface area contributed by atoms with Gasteiger partial charge in [-0.2, -0.15) is 0 Å². The van der Waals surface area contributed by atoms with E-state index in [0.29, 0.717) is 23.5 Å². The molecule has 0 aromatic heterocycles. The van der Waals surface area contributed by atoms with Crippen LogP contribution in [-0.2, 0) is 6.54 Å². The van der Waals surface area contributed by atoms with Crippen molar-refractivity contribution in [1.29, 1.82) is 0 Å². The molecule has 0 fully saturated rings. The van der Waals surface area contributed by atoms with Crippen molar-refractivity contribution in [2.75, 3.05) is 7.05 Å². The molecule has 18 heavy (non-hydrogen) atoms. The molecule has 0 spiro atoms. The van der Waals surface area contributed by atoms with Gasteiger partial charge in [0, 0.05) is 29.7 Å². The Morgan fingerprint density at radius 2 is 2.00 bits per heavy atom. The fourth-order valence-corrected chi connectivity index (χ4v) is 1.89. The Bertz CT molecular complexity index is 435. The van der Waals surface area contributed by atoms with Gasteiger partial charge >= 0.3 is 0 Å². The molecular weight excluding hydrogens is 252 g/mol. The molecule has 1 aromatic carbocycles. The van der Waals surface area contributed by atoms with Gasteiger partial charge in [-0.1, -0.05) is 25.4 Å². The maximum Gasteiger partial charge on any atom is 0.269 e. The van der Waals surface area contributed by atoms with Gasteiger partial charge < -0.3 is 0 Å². The van der Waals surface area contributed by atoms with Gasteiger partial charge in [-0.15, -0.1) is 0 Å². The summed E-state index contributed by atoms with van der Waals surface area (Å²) in [6, 6.07) is 4.95. The molecule has 1 atom stereocenters. The molecule has 0 radical (unpaired) electrons. The standard InChI is InChI=1S/C13H19ClN2O2/c1-9(2)10(3)15(4)8-11-7-12(16(17)18)5-6-13(11)14/h5-7,9-10H,8H2,1-4H3. The highest BCUT2D eigenvalue weighted by Crippen LogP contribution is 2.24. The molecule has 1 rings (SSSR count). The van der Waals surface area contributed by atoms with Crippen LogP contribution in [0.4, 0.5) is 5.69 Å². The van der Waals surface area contributed by atoms with Gasteiger partial charge in [0.25, 0.3) is 5.69 Å². The van der Waals surface area contributed by atoms with Crippen molar-refractivity contribution in [3.8, 4) is 0 Å². The molecule has 1 aromatic rings. The minimum absolute atomic E-state index is 0.0833. The second-order valence-corrected chi connectivity index (χ2v) is 5.34. The topological polar surface area (TPSA) is 46.4 Å². The van der Waals surface area contributed by atoms with Crippen LogP contribution in [0.3, 0.4) is 0 Å². The number of hydrogen-bond donors (Lipinski definition) is 0. The van der Waals surface area contributed by atoms with Gasteiger partial charge in [0.2, 0.25) is 0 Å². The van der Waals surface area contributed by atoms with E-state index < -0.39 is 4.92 Å². The highest BCUT2D eigenvalue weighted by atomic mass is 35.5. The number of halogens is 1. The summed E-state index contributed by atoms with van der Waals surface area (Å²) in [7, 11) is 2.00. The predicted octanol–water partition coefficient (Wildman–Crippen LogP) is 3.72. The van der Waals surface area contributed by atoms with E-state index in [1.165, 1.54) is 6.07 Å². The van der Waals surface area contributed by atoms with E-state index in [4.69, 9.17) is 11.6 Å². The van der Waals surface area contributed by atoms with E-state index in [2.05, 4.69) is 25.7 Å². The number of hydrogen-bond acceptors (Lipinski definition) is 3. The Kier molecular flexibility index (Phi) is 5.11. The van der Waals surface area contributed by atoms with E-state index in [-0.39, 0.29) is 5.69 Å². The lowest BCUT2D eigenvalue weighted by Gasteiger charge is -2.28. The Hall–Kier alpha value is -1.13. The van der Waals surface area contributed by atoms with E-state index in [1.54, 1.807) is 12.1 Å². The number of non-ortho nitro benzene ring substituents is 1. The van der Waals surface area contributed by atoms with Crippen LogP contribution in [-0.4, -0.2) is 22.9 Å². The highest BCUT2D eigenvalue weighted by molar-refractivity contribution is 6.31. The normalized spacial score (nSPS) is 13.1. The van der Waals surface area contributed by atoms with Crippen LogP contribution >= 0.6 is 11.6 Å². The molecule has 0 aliphatic heterocycles. The number of nitro benzene ring substituents is 1. The van der Waals surface area contributed by atoms with Crippen LogP contribution in [0.15, 0.2) is 18.2 Å². The third-order valence-electron chi connectivity index (χ3n) is 3.32. The van der Waals surface area contributed by atoms with Gasteiger partial charge in [-0.25, -0.2) is 0 Å². The van der Waals surface area contributed by atoms with E-state index in [9.17, 15) is 10.1 Å². The fourth-order valence-electron chi connectivity index (χ4n) is 1.72. The van der Waals surface area contributed by atoms with Gasteiger partial charge in [0.05, 0.1) is 4.92 Å². The van der Waals surface area contributed by atoms with Crippen LogP contribution in [0.2, 0.25) is 5.02 Å². The lowest BCUT2D eigenvalue weighted by atomic mass is 10.0. The van der Waals surface area contributed by atoms with Crippen molar-refractivity contribution in [1.82, 2.24) is 4.90 Å². The average molecular weight is 271 g/mol. The van der Waals surface area contributed by atoms with Crippen molar-refractivity contribution in [3.63, 3.8) is 0 Å². The smallest absolute Gasteiger partial charge is 0.269 e. The second kappa shape index (κ2) is 6.16. The van der Waals surface area contributed by atoms with Crippen LogP contribution in [0.1, 0.15) is 26.3 Å². The van der Waals surface area contributed by atoms with Crippen molar-refractivity contribution in [3.05, 3.63) is 38.9 Å². The van der Waals surface area contributed by atoms with Crippen LogP contribution in [0.5, 0.6) is 0 Å².